The van der Waals surface area contributed by atoms with Crippen LogP contribution in [0, 0.1) is 23.2 Å². The number of hydrogen-bond acceptors (Lipinski definition) is 4. The van der Waals surface area contributed by atoms with E-state index in [1.807, 2.05) is 37.3 Å². The van der Waals surface area contributed by atoms with Crippen LogP contribution in [0.2, 0.25) is 0 Å². The number of ether oxygens (including phenoxy) is 1. The highest BCUT2D eigenvalue weighted by molar-refractivity contribution is 6.34. The predicted molar refractivity (Wildman–Crippen MR) is 98.9 cm³/mol. The van der Waals surface area contributed by atoms with Crippen molar-refractivity contribution in [2.45, 2.75) is 26.7 Å². The van der Waals surface area contributed by atoms with Crippen molar-refractivity contribution in [3.8, 4) is 0 Å². The van der Waals surface area contributed by atoms with Gasteiger partial charge in [0.05, 0.1) is 13.7 Å². The van der Waals surface area contributed by atoms with Crippen molar-refractivity contribution in [1.82, 2.24) is 0 Å². The lowest BCUT2D eigenvalue weighted by molar-refractivity contribution is -0.162. The van der Waals surface area contributed by atoms with Crippen LogP contribution < -0.4 is 0 Å². The number of fused-ring (bicyclic) bond motifs is 5. The first-order chi connectivity index (χ1) is 12.5. The monoisotopic (exact) mass is 352 g/mol. The zero-order valence-corrected chi connectivity index (χ0v) is 15.4. The predicted octanol–water partition coefficient (Wildman–Crippen LogP) is 3.25. The second kappa shape index (κ2) is 5.92. The minimum atomic E-state index is -1.05. The van der Waals surface area contributed by atoms with Crippen molar-refractivity contribution in [1.29, 1.82) is 0 Å². The summed E-state index contributed by atoms with van der Waals surface area (Å²) in [6, 6.07) is 7.96. The number of aliphatic hydroxyl groups excluding tert-OH is 1. The lowest BCUT2D eigenvalue weighted by Crippen LogP contribution is -2.47. The summed E-state index contributed by atoms with van der Waals surface area (Å²) in [5, 5.41) is 10.4. The molecule has 1 aromatic rings. The van der Waals surface area contributed by atoms with Crippen LogP contribution in [-0.4, -0.2) is 30.6 Å². The van der Waals surface area contributed by atoms with Crippen molar-refractivity contribution >= 4 is 22.9 Å². The van der Waals surface area contributed by atoms with Crippen LogP contribution in [0.4, 0.5) is 0 Å². The third-order valence-corrected chi connectivity index (χ3v) is 6.89. The summed E-state index contributed by atoms with van der Waals surface area (Å²) < 4.78 is 5.13. The number of methoxy groups -OCH3 is 1. The fourth-order valence-corrected chi connectivity index (χ4v) is 5.69. The molecule has 0 spiro atoms. The summed E-state index contributed by atoms with van der Waals surface area (Å²) in [7, 11) is 1.36. The molecule has 3 aliphatic carbocycles. The zero-order valence-electron chi connectivity index (χ0n) is 15.4. The summed E-state index contributed by atoms with van der Waals surface area (Å²) in [6.45, 7) is 3.76. The van der Waals surface area contributed by atoms with Crippen molar-refractivity contribution in [3.05, 3.63) is 47.0 Å². The van der Waals surface area contributed by atoms with Crippen LogP contribution >= 0.6 is 0 Å². The Balaban J connectivity index is 1.91. The van der Waals surface area contributed by atoms with E-state index in [1.165, 1.54) is 7.11 Å². The fraction of sp³-hybridized carbons (Fsp3) is 0.455. The summed E-state index contributed by atoms with van der Waals surface area (Å²) in [5.41, 5.74) is 4.04. The molecule has 0 aliphatic heterocycles. The molecule has 0 radical (unpaired) electrons. The van der Waals surface area contributed by atoms with Gasteiger partial charge in [0, 0.05) is 17.9 Å². The molecule has 0 heterocycles. The Bertz CT molecular complexity index is 863. The molecule has 1 N–H and O–H groups in total. The molecule has 4 heteroatoms. The number of benzene rings is 1. The van der Waals surface area contributed by atoms with Crippen LogP contribution in [0.1, 0.15) is 37.8 Å². The minimum absolute atomic E-state index is 0.0670. The molecule has 4 atom stereocenters. The van der Waals surface area contributed by atoms with Gasteiger partial charge in [0.1, 0.15) is 5.41 Å². The van der Waals surface area contributed by atoms with E-state index in [-0.39, 0.29) is 36.6 Å². The number of rotatable bonds is 2. The Morgan fingerprint density at radius 2 is 2.00 bits per heavy atom. The topological polar surface area (TPSA) is 63.6 Å². The molecule has 0 saturated heterocycles. The lowest BCUT2D eigenvalue weighted by Gasteiger charge is -2.41. The first-order valence-electron chi connectivity index (χ1n) is 9.22. The van der Waals surface area contributed by atoms with Crippen molar-refractivity contribution in [2.24, 2.45) is 23.2 Å². The number of allylic oxidation sites excluding steroid dienone is 4. The molecule has 4 rings (SSSR count). The van der Waals surface area contributed by atoms with Crippen LogP contribution in [-0.2, 0) is 14.3 Å². The summed E-state index contributed by atoms with van der Waals surface area (Å²) in [5.74, 6) is -0.606. The van der Waals surface area contributed by atoms with E-state index < -0.39 is 11.4 Å². The van der Waals surface area contributed by atoms with Gasteiger partial charge in [-0.15, -0.1) is 0 Å². The maximum atomic E-state index is 13.1. The van der Waals surface area contributed by atoms with Gasteiger partial charge in [-0.05, 0) is 41.9 Å². The fourth-order valence-electron chi connectivity index (χ4n) is 5.69. The quantitative estimate of drug-likeness (QED) is 0.655. The van der Waals surface area contributed by atoms with Gasteiger partial charge in [0.25, 0.3) is 0 Å². The largest absolute Gasteiger partial charge is 0.468 e. The van der Waals surface area contributed by atoms with Gasteiger partial charge in [0.2, 0.25) is 0 Å². The molecule has 4 nitrogen and oxygen atoms in total. The standard InChI is InChI=1S/C22H24O4/c1-4-13-12(2)17-9-16-14-7-5-6-8-15(14)20(16)19(24)10-18(13)22(17,11-23)21(25)26-3/h4-8,12,17-18,23H,9-11H2,1-3H3/t12?,17?,18-,22-/m0/s1. The summed E-state index contributed by atoms with van der Waals surface area (Å²) >= 11 is 0. The third kappa shape index (κ3) is 1.94. The Morgan fingerprint density at radius 3 is 2.62 bits per heavy atom. The Labute approximate surface area is 153 Å². The van der Waals surface area contributed by atoms with Gasteiger partial charge in [-0.3, -0.25) is 9.59 Å². The molecule has 0 aromatic heterocycles. The second-order valence-electron chi connectivity index (χ2n) is 7.66. The van der Waals surface area contributed by atoms with Crippen LogP contribution in [0.3, 0.4) is 0 Å². The Kier molecular flexibility index (Phi) is 3.92. The second-order valence-corrected chi connectivity index (χ2v) is 7.66. The normalized spacial score (nSPS) is 33.9. The van der Waals surface area contributed by atoms with Gasteiger partial charge >= 0.3 is 5.97 Å². The molecule has 2 bridgehead atoms. The number of carbonyl (C=O) groups excluding carboxylic acids is 2. The van der Waals surface area contributed by atoms with E-state index in [0.29, 0.717) is 6.42 Å². The number of hydrogen-bond donors (Lipinski definition) is 1. The van der Waals surface area contributed by atoms with Crippen molar-refractivity contribution in [3.63, 3.8) is 0 Å². The van der Waals surface area contributed by atoms with Crippen molar-refractivity contribution in [2.75, 3.05) is 13.7 Å². The average Bonchev–Trinajstić information content (AvgIpc) is 2.87. The van der Waals surface area contributed by atoms with E-state index in [0.717, 1.165) is 27.8 Å². The van der Waals surface area contributed by atoms with Gasteiger partial charge in [-0.2, -0.15) is 0 Å². The highest BCUT2D eigenvalue weighted by Gasteiger charge is 2.62. The van der Waals surface area contributed by atoms with E-state index in [1.54, 1.807) is 0 Å². The first kappa shape index (κ1) is 17.2. The van der Waals surface area contributed by atoms with Gasteiger partial charge < -0.3 is 9.84 Å². The zero-order chi connectivity index (χ0) is 18.6. The molecule has 1 fully saturated rings. The Morgan fingerprint density at radius 1 is 1.31 bits per heavy atom. The van der Waals surface area contributed by atoms with Gasteiger partial charge in [0.15, 0.2) is 5.78 Å². The van der Waals surface area contributed by atoms with Gasteiger partial charge in [-0.1, -0.05) is 42.8 Å². The molecule has 26 heavy (non-hydrogen) atoms. The average molecular weight is 352 g/mol. The number of ketones is 1. The molecular weight excluding hydrogens is 328 g/mol. The minimum Gasteiger partial charge on any atom is -0.468 e. The van der Waals surface area contributed by atoms with Crippen molar-refractivity contribution < 1.29 is 19.4 Å². The first-order valence-corrected chi connectivity index (χ1v) is 9.22. The van der Waals surface area contributed by atoms with Crippen LogP contribution in [0.25, 0.3) is 11.1 Å². The molecule has 3 aliphatic rings. The molecule has 2 unspecified atom stereocenters. The molecule has 0 amide bonds. The third-order valence-electron chi connectivity index (χ3n) is 6.89. The number of Topliss-reactive ketones (excluding diaryl/α,β-unsaturated/α-hetero) is 1. The Hall–Kier alpha value is -2.20. The van der Waals surface area contributed by atoms with E-state index >= 15 is 0 Å². The lowest BCUT2D eigenvalue weighted by atomic mass is 9.62. The molecular formula is C22H24O4. The number of carbonyl (C=O) groups is 2. The maximum Gasteiger partial charge on any atom is 0.315 e. The van der Waals surface area contributed by atoms with Crippen LogP contribution in [0.5, 0.6) is 0 Å². The van der Waals surface area contributed by atoms with E-state index in [9.17, 15) is 14.7 Å². The van der Waals surface area contributed by atoms with Gasteiger partial charge in [-0.25, -0.2) is 0 Å². The molecule has 1 aromatic carbocycles. The number of esters is 1. The molecule has 1 saturated carbocycles. The highest BCUT2D eigenvalue weighted by Crippen LogP contribution is 2.62. The number of aliphatic hydroxyl groups is 1. The summed E-state index contributed by atoms with van der Waals surface area (Å²) in [4.78, 5) is 26.0. The van der Waals surface area contributed by atoms with E-state index in [4.69, 9.17) is 4.74 Å². The van der Waals surface area contributed by atoms with Crippen LogP contribution in [0.15, 0.2) is 35.9 Å². The smallest absolute Gasteiger partial charge is 0.315 e. The highest BCUT2D eigenvalue weighted by atomic mass is 16.5. The van der Waals surface area contributed by atoms with E-state index in [2.05, 4.69) is 6.92 Å². The SMILES string of the molecule is CC=C1C(C)C2CC3=C(C(=O)C[C@@H]1[C@@]2(CO)C(=O)OC)c1ccccc13. The maximum absolute atomic E-state index is 13.1. The molecule has 136 valence electrons. The summed E-state index contributed by atoms with van der Waals surface area (Å²) in [6.07, 6.45) is 2.87.